The molecule has 0 heterocycles. The van der Waals surface area contributed by atoms with Crippen LogP contribution in [0.1, 0.15) is 12.5 Å². The third kappa shape index (κ3) is 3.18. The van der Waals surface area contributed by atoms with Gasteiger partial charge >= 0.3 is 0 Å². The Balaban J connectivity index is 2.60. The molecule has 0 unspecified atom stereocenters. The summed E-state index contributed by atoms with van der Waals surface area (Å²) in [6.07, 6.45) is 0.657. The maximum atomic E-state index is 11.1. The second-order valence-corrected chi connectivity index (χ2v) is 3.20. The number of nitrogens with one attached hydrogen (secondary N) is 1. The highest BCUT2D eigenvalue weighted by Gasteiger charge is 2.13. The van der Waals surface area contributed by atoms with Crippen LogP contribution in [0, 0.1) is 0 Å². The molecule has 0 aliphatic carbocycles. The lowest BCUT2D eigenvalue weighted by Gasteiger charge is -2.13. The van der Waals surface area contributed by atoms with Crippen molar-refractivity contribution < 1.29 is 4.79 Å². The predicted octanol–water partition coefficient (Wildman–Crippen LogP) is 0.693. The first-order valence-corrected chi connectivity index (χ1v) is 4.80. The Bertz CT molecular complexity index is 285. The van der Waals surface area contributed by atoms with Gasteiger partial charge in [0.15, 0.2) is 0 Å². The molecule has 0 spiro atoms. The van der Waals surface area contributed by atoms with Crippen molar-refractivity contribution in [3.63, 3.8) is 0 Å². The minimum atomic E-state index is -0.296. The maximum absolute atomic E-state index is 11.1. The fraction of sp³-hybridized carbons (Fsp3) is 0.364. The van der Waals surface area contributed by atoms with Crippen molar-refractivity contribution in [2.24, 2.45) is 5.73 Å². The van der Waals surface area contributed by atoms with Gasteiger partial charge in [0.25, 0.3) is 0 Å². The summed E-state index contributed by atoms with van der Waals surface area (Å²) in [5, 5.41) is 3.06. The molecule has 0 saturated carbocycles. The van der Waals surface area contributed by atoms with Crippen LogP contribution in [0.4, 0.5) is 0 Å². The number of hydrogen-bond acceptors (Lipinski definition) is 2. The molecule has 76 valence electrons. The SMILES string of the molecule is CCN[C@H](Cc1ccccc1)C(N)=O. The molecule has 0 bridgehead atoms. The van der Waals surface area contributed by atoms with Gasteiger partial charge in [0.1, 0.15) is 0 Å². The molecule has 1 rings (SSSR count). The zero-order valence-electron chi connectivity index (χ0n) is 8.36. The van der Waals surface area contributed by atoms with E-state index in [9.17, 15) is 4.79 Å². The number of likely N-dealkylation sites (N-methyl/N-ethyl adjacent to an activating group) is 1. The highest BCUT2D eigenvalue weighted by atomic mass is 16.1. The van der Waals surface area contributed by atoms with Gasteiger partial charge < -0.3 is 11.1 Å². The number of amides is 1. The second kappa shape index (κ2) is 5.40. The zero-order chi connectivity index (χ0) is 10.4. The Morgan fingerprint density at radius 1 is 1.43 bits per heavy atom. The van der Waals surface area contributed by atoms with Crippen molar-refractivity contribution in [3.8, 4) is 0 Å². The van der Waals surface area contributed by atoms with E-state index in [0.717, 1.165) is 12.1 Å². The molecule has 0 radical (unpaired) electrons. The Morgan fingerprint density at radius 2 is 2.07 bits per heavy atom. The van der Waals surface area contributed by atoms with E-state index in [1.807, 2.05) is 37.3 Å². The lowest BCUT2D eigenvalue weighted by atomic mass is 10.1. The summed E-state index contributed by atoms with van der Waals surface area (Å²) in [7, 11) is 0. The molecule has 1 aromatic rings. The van der Waals surface area contributed by atoms with E-state index < -0.39 is 0 Å². The summed E-state index contributed by atoms with van der Waals surface area (Å²) in [5.74, 6) is -0.296. The van der Waals surface area contributed by atoms with Crippen LogP contribution in [0.15, 0.2) is 30.3 Å². The number of benzene rings is 1. The van der Waals surface area contributed by atoms with E-state index in [4.69, 9.17) is 5.73 Å². The van der Waals surface area contributed by atoms with Gasteiger partial charge in [0.05, 0.1) is 6.04 Å². The minimum Gasteiger partial charge on any atom is -0.368 e. The van der Waals surface area contributed by atoms with E-state index in [1.54, 1.807) is 0 Å². The highest BCUT2D eigenvalue weighted by molar-refractivity contribution is 5.80. The Morgan fingerprint density at radius 3 is 2.57 bits per heavy atom. The summed E-state index contributed by atoms with van der Waals surface area (Å²) < 4.78 is 0. The van der Waals surface area contributed by atoms with E-state index in [-0.39, 0.29) is 11.9 Å². The standard InChI is InChI=1S/C11H16N2O/c1-2-13-10(11(12)14)8-9-6-4-3-5-7-9/h3-7,10,13H,2,8H2,1H3,(H2,12,14)/t10-/m1/s1. The van der Waals surface area contributed by atoms with Crippen molar-refractivity contribution in [3.05, 3.63) is 35.9 Å². The number of nitrogens with two attached hydrogens (primary N) is 1. The fourth-order valence-electron chi connectivity index (χ4n) is 1.37. The smallest absolute Gasteiger partial charge is 0.234 e. The molecule has 3 nitrogen and oxygen atoms in total. The van der Waals surface area contributed by atoms with Crippen LogP contribution in [0.2, 0.25) is 0 Å². The quantitative estimate of drug-likeness (QED) is 0.721. The van der Waals surface area contributed by atoms with E-state index in [1.165, 1.54) is 0 Å². The van der Waals surface area contributed by atoms with Crippen molar-refractivity contribution in [2.45, 2.75) is 19.4 Å². The van der Waals surface area contributed by atoms with E-state index in [0.29, 0.717) is 6.42 Å². The molecule has 1 aromatic carbocycles. The number of hydrogen-bond donors (Lipinski definition) is 2. The topological polar surface area (TPSA) is 55.1 Å². The first-order chi connectivity index (χ1) is 6.74. The first-order valence-electron chi connectivity index (χ1n) is 4.80. The Labute approximate surface area is 84.3 Å². The van der Waals surface area contributed by atoms with Gasteiger partial charge in [-0.15, -0.1) is 0 Å². The Hall–Kier alpha value is -1.35. The number of carbonyl (C=O) groups excluding carboxylic acids is 1. The minimum absolute atomic E-state index is 0.262. The fourth-order valence-corrected chi connectivity index (χ4v) is 1.37. The van der Waals surface area contributed by atoms with Crippen LogP contribution in [-0.2, 0) is 11.2 Å². The third-order valence-corrected chi connectivity index (χ3v) is 2.08. The average Bonchev–Trinajstić information content (AvgIpc) is 2.18. The Kier molecular flexibility index (Phi) is 4.13. The van der Waals surface area contributed by atoms with Gasteiger partial charge in [-0.25, -0.2) is 0 Å². The number of primary amides is 1. The molecule has 1 atom stereocenters. The molecule has 14 heavy (non-hydrogen) atoms. The van der Waals surface area contributed by atoms with Crippen molar-refractivity contribution in [1.29, 1.82) is 0 Å². The van der Waals surface area contributed by atoms with Crippen LogP contribution in [0.25, 0.3) is 0 Å². The summed E-state index contributed by atoms with van der Waals surface area (Å²) in [6, 6.07) is 9.59. The summed E-state index contributed by atoms with van der Waals surface area (Å²) >= 11 is 0. The highest BCUT2D eigenvalue weighted by Crippen LogP contribution is 2.02. The molecule has 0 aromatic heterocycles. The van der Waals surface area contributed by atoms with Crippen LogP contribution < -0.4 is 11.1 Å². The molecule has 1 amide bonds. The van der Waals surface area contributed by atoms with Crippen molar-refractivity contribution >= 4 is 5.91 Å². The average molecular weight is 192 g/mol. The van der Waals surface area contributed by atoms with E-state index >= 15 is 0 Å². The molecular formula is C11H16N2O. The van der Waals surface area contributed by atoms with Crippen molar-refractivity contribution in [1.82, 2.24) is 5.32 Å². The lowest BCUT2D eigenvalue weighted by Crippen LogP contribution is -2.42. The van der Waals surface area contributed by atoms with E-state index in [2.05, 4.69) is 5.32 Å². The van der Waals surface area contributed by atoms with Crippen LogP contribution in [0.5, 0.6) is 0 Å². The van der Waals surface area contributed by atoms with Gasteiger partial charge in [0, 0.05) is 0 Å². The maximum Gasteiger partial charge on any atom is 0.234 e. The van der Waals surface area contributed by atoms with Crippen LogP contribution in [0.3, 0.4) is 0 Å². The van der Waals surface area contributed by atoms with Gasteiger partial charge in [0.2, 0.25) is 5.91 Å². The van der Waals surface area contributed by atoms with Crippen LogP contribution >= 0.6 is 0 Å². The summed E-state index contributed by atoms with van der Waals surface area (Å²) in [5.41, 5.74) is 6.39. The molecule has 0 aliphatic heterocycles. The molecule has 0 fully saturated rings. The van der Waals surface area contributed by atoms with Gasteiger partial charge in [-0.1, -0.05) is 37.3 Å². The van der Waals surface area contributed by atoms with Gasteiger partial charge in [-0.05, 0) is 18.5 Å². The summed E-state index contributed by atoms with van der Waals surface area (Å²) in [6.45, 7) is 2.71. The van der Waals surface area contributed by atoms with Crippen molar-refractivity contribution in [2.75, 3.05) is 6.54 Å². The zero-order valence-corrected chi connectivity index (χ0v) is 8.36. The number of rotatable bonds is 5. The summed E-state index contributed by atoms with van der Waals surface area (Å²) in [4.78, 5) is 11.1. The molecule has 0 aliphatic rings. The van der Waals surface area contributed by atoms with Gasteiger partial charge in [-0.2, -0.15) is 0 Å². The normalized spacial score (nSPS) is 12.4. The largest absolute Gasteiger partial charge is 0.368 e. The number of carbonyl (C=O) groups is 1. The first kappa shape index (κ1) is 10.7. The monoisotopic (exact) mass is 192 g/mol. The molecular weight excluding hydrogens is 176 g/mol. The van der Waals surface area contributed by atoms with Crippen LogP contribution in [-0.4, -0.2) is 18.5 Å². The molecule has 3 heteroatoms. The lowest BCUT2D eigenvalue weighted by molar-refractivity contribution is -0.120. The third-order valence-electron chi connectivity index (χ3n) is 2.08. The molecule has 3 N–H and O–H groups in total. The van der Waals surface area contributed by atoms with Gasteiger partial charge in [-0.3, -0.25) is 4.79 Å². The molecule has 0 saturated heterocycles. The second-order valence-electron chi connectivity index (χ2n) is 3.20. The predicted molar refractivity (Wildman–Crippen MR) is 56.8 cm³/mol.